The highest BCUT2D eigenvalue weighted by Crippen LogP contribution is 2.23. The normalized spacial score (nSPS) is 21.4. The van der Waals surface area contributed by atoms with Crippen molar-refractivity contribution in [2.45, 2.75) is 281 Å². The van der Waals surface area contributed by atoms with E-state index in [9.17, 15) is 35.4 Å². The van der Waals surface area contributed by atoms with Crippen molar-refractivity contribution >= 4 is 5.91 Å². The van der Waals surface area contributed by atoms with E-state index in [2.05, 4.69) is 19.2 Å². The number of ether oxygens (including phenoxy) is 2. The quantitative estimate of drug-likeness (QED) is 0.0298. The molecular formula is C47H93NO9. The first kappa shape index (κ1) is 54.2. The number of rotatable bonds is 41. The van der Waals surface area contributed by atoms with Gasteiger partial charge >= 0.3 is 0 Å². The lowest BCUT2D eigenvalue weighted by Gasteiger charge is -2.40. The van der Waals surface area contributed by atoms with Crippen molar-refractivity contribution in [1.29, 1.82) is 0 Å². The zero-order valence-corrected chi connectivity index (χ0v) is 37.0. The SMILES string of the molecule is CCCCCCCCCCCCCCCCCCC(=O)N[C@@H](CO[C@@H]1O[C@H](CO)[C@H](O)C(O)C1O)[C@H](O)[C@H](O)CCCCCCCCCCCCCCCCCC. The van der Waals surface area contributed by atoms with E-state index >= 15 is 0 Å². The molecule has 57 heavy (non-hydrogen) atoms. The van der Waals surface area contributed by atoms with E-state index in [1.807, 2.05) is 0 Å². The summed E-state index contributed by atoms with van der Waals surface area (Å²) in [6, 6.07) is -0.984. The van der Waals surface area contributed by atoms with Crippen LogP contribution in [0.2, 0.25) is 0 Å². The third kappa shape index (κ3) is 28.3. The Balaban J connectivity index is 2.36. The Morgan fingerprint density at radius 3 is 1.30 bits per heavy atom. The highest BCUT2D eigenvalue weighted by molar-refractivity contribution is 5.76. The van der Waals surface area contributed by atoms with Crippen LogP contribution in [-0.2, 0) is 14.3 Å². The fourth-order valence-corrected chi connectivity index (χ4v) is 8.08. The number of aliphatic hydroxyl groups excluding tert-OH is 6. The third-order valence-electron chi connectivity index (χ3n) is 12.1. The monoisotopic (exact) mass is 816 g/mol. The summed E-state index contributed by atoms with van der Waals surface area (Å²) in [7, 11) is 0. The van der Waals surface area contributed by atoms with E-state index in [4.69, 9.17) is 9.47 Å². The van der Waals surface area contributed by atoms with Crippen LogP contribution in [0.25, 0.3) is 0 Å². The van der Waals surface area contributed by atoms with Crippen LogP contribution in [0.3, 0.4) is 0 Å². The first-order chi connectivity index (χ1) is 27.8. The molecule has 0 aromatic heterocycles. The van der Waals surface area contributed by atoms with Crippen LogP contribution in [0.1, 0.15) is 232 Å². The zero-order valence-electron chi connectivity index (χ0n) is 37.0. The molecule has 0 spiro atoms. The molecule has 1 amide bonds. The predicted molar refractivity (Wildman–Crippen MR) is 232 cm³/mol. The Kier molecular flexibility index (Phi) is 36.2. The molecule has 7 N–H and O–H groups in total. The van der Waals surface area contributed by atoms with Crippen molar-refractivity contribution in [3.05, 3.63) is 0 Å². The number of hydrogen-bond donors (Lipinski definition) is 7. The molecule has 0 aliphatic carbocycles. The number of amides is 1. The maximum Gasteiger partial charge on any atom is 0.220 e. The van der Waals surface area contributed by atoms with Gasteiger partial charge < -0.3 is 45.4 Å². The maximum atomic E-state index is 13.0. The van der Waals surface area contributed by atoms with Gasteiger partial charge in [0, 0.05) is 6.42 Å². The molecule has 0 saturated carbocycles. The van der Waals surface area contributed by atoms with Crippen molar-refractivity contribution in [1.82, 2.24) is 5.32 Å². The molecule has 0 aromatic rings. The van der Waals surface area contributed by atoms with E-state index in [-0.39, 0.29) is 18.9 Å². The second-order valence-corrected chi connectivity index (χ2v) is 17.4. The molecule has 340 valence electrons. The zero-order chi connectivity index (χ0) is 41.8. The van der Waals surface area contributed by atoms with Gasteiger partial charge in [0.2, 0.25) is 5.91 Å². The van der Waals surface area contributed by atoms with Gasteiger partial charge in [-0.05, 0) is 12.8 Å². The Morgan fingerprint density at radius 2 is 0.912 bits per heavy atom. The molecule has 1 aliphatic rings. The average molecular weight is 816 g/mol. The van der Waals surface area contributed by atoms with Crippen LogP contribution < -0.4 is 5.32 Å². The molecule has 10 nitrogen and oxygen atoms in total. The molecule has 0 radical (unpaired) electrons. The second-order valence-electron chi connectivity index (χ2n) is 17.4. The van der Waals surface area contributed by atoms with Crippen LogP contribution in [0, 0.1) is 0 Å². The Morgan fingerprint density at radius 1 is 0.544 bits per heavy atom. The van der Waals surface area contributed by atoms with Gasteiger partial charge in [0.05, 0.1) is 25.4 Å². The standard InChI is InChI=1S/C47H93NO9/c1-3-5-7-9-11-13-15-17-19-21-23-25-27-29-31-33-35-40(50)43(52)39(38-56-47-46(55)45(54)44(53)41(37-49)57-47)48-42(51)36-34-32-30-28-26-24-22-20-18-16-14-12-10-8-6-4-2/h39-41,43-47,49-50,52-55H,3-38H2,1-2H3,(H,48,51)/t39-,40+,41+,43-,44-,45?,46?,47+/m0/s1. The van der Waals surface area contributed by atoms with Gasteiger partial charge in [-0.3, -0.25) is 4.79 Å². The summed E-state index contributed by atoms with van der Waals surface area (Å²) in [6.07, 6.45) is 31.0. The number of aliphatic hydroxyl groups is 6. The van der Waals surface area contributed by atoms with Crippen molar-refractivity contribution in [2.24, 2.45) is 0 Å². The van der Waals surface area contributed by atoms with Gasteiger partial charge in [-0.15, -0.1) is 0 Å². The van der Waals surface area contributed by atoms with E-state index in [0.29, 0.717) is 6.42 Å². The number of carbonyl (C=O) groups excluding carboxylic acids is 1. The Labute approximate surface area is 349 Å². The van der Waals surface area contributed by atoms with E-state index < -0.39 is 55.6 Å². The molecule has 0 bridgehead atoms. The summed E-state index contributed by atoms with van der Waals surface area (Å²) in [5.74, 6) is -0.253. The molecule has 0 aromatic carbocycles. The van der Waals surface area contributed by atoms with Gasteiger partial charge in [0.15, 0.2) is 6.29 Å². The van der Waals surface area contributed by atoms with Crippen LogP contribution in [0.4, 0.5) is 0 Å². The minimum atomic E-state index is -1.60. The summed E-state index contributed by atoms with van der Waals surface area (Å²) in [4.78, 5) is 13.0. The average Bonchev–Trinajstić information content (AvgIpc) is 3.21. The lowest BCUT2D eigenvalue weighted by atomic mass is 9.98. The van der Waals surface area contributed by atoms with Gasteiger partial charge in [0.25, 0.3) is 0 Å². The van der Waals surface area contributed by atoms with Crippen molar-refractivity contribution in [2.75, 3.05) is 13.2 Å². The van der Waals surface area contributed by atoms with E-state index in [1.165, 1.54) is 167 Å². The number of nitrogens with one attached hydrogen (secondary N) is 1. The molecule has 1 rings (SSSR count). The summed E-state index contributed by atoms with van der Waals surface area (Å²) in [5.41, 5.74) is 0. The van der Waals surface area contributed by atoms with E-state index in [1.54, 1.807) is 0 Å². The summed E-state index contributed by atoms with van der Waals surface area (Å²) in [6.45, 7) is 3.63. The van der Waals surface area contributed by atoms with Crippen LogP contribution in [-0.4, -0.2) is 98.7 Å². The maximum absolute atomic E-state index is 13.0. The molecule has 1 aliphatic heterocycles. The molecule has 10 heteroatoms. The van der Waals surface area contributed by atoms with Crippen molar-refractivity contribution in [3.8, 4) is 0 Å². The van der Waals surface area contributed by atoms with Crippen LogP contribution in [0.15, 0.2) is 0 Å². The predicted octanol–water partition coefficient (Wildman–Crippen LogP) is 9.31. The van der Waals surface area contributed by atoms with Crippen molar-refractivity contribution < 1.29 is 44.9 Å². The van der Waals surface area contributed by atoms with Gasteiger partial charge in [-0.1, -0.05) is 213 Å². The number of unbranched alkanes of at least 4 members (excludes halogenated alkanes) is 30. The first-order valence-electron chi connectivity index (χ1n) is 24.3. The minimum Gasteiger partial charge on any atom is -0.394 e. The van der Waals surface area contributed by atoms with Crippen LogP contribution in [0.5, 0.6) is 0 Å². The highest BCUT2D eigenvalue weighted by atomic mass is 16.7. The molecule has 1 heterocycles. The number of hydrogen-bond acceptors (Lipinski definition) is 9. The Bertz CT molecular complexity index is 880. The highest BCUT2D eigenvalue weighted by Gasteiger charge is 2.44. The molecule has 1 fully saturated rings. The molecular weight excluding hydrogens is 723 g/mol. The topological polar surface area (TPSA) is 169 Å². The van der Waals surface area contributed by atoms with Crippen molar-refractivity contribution in [3.63, 3.8) is 0 Å². The fourth-order valence-electron chi connectivity index (χ4n) is 8.08. The first-order valence-corrected chi connectivity index (χ1v) is 24.3. The molecule has 1 saturated heterocycles. The lowest BCUT2D eigenvalue weighted by Crippen LogP contribution is -2.60. The number of carbonyl (C=O) groups is 1. The fraction of sp³-hybridized carbons (Fsp3) is 0.979. The van der Waals surface area contributed by atoms with E-state index in [0.717, 1.165) is 38.5 Å². The minimum absolute atomic E-state index is 0.253. The summed E-state index contributed by atoms with van der Waals surface area (Å²) < 4.78 is 11.2. The lowest BCUT2D eigenvalue weighted by molar-refractivity contribution is -0.303. The van der Waals surface area contributed by atoms with Crippen LogP contribution >= 0.6 is 0 Å². The Hall–Kier alpha value is -0.850. The summed E-state index contributed by atoms with van der Waals surface area (Å²) in [5, 5.41) is 65.3. The largest absolute Gasteiger partial charge is 0.394 e. The molecule has 8 atom stereocenters. The third-order valence-corrected chi connectivity index (χ3v) is 12.1. The smallest absolute Gasteiger partial charge is 0.220 e. The van der Waals surface area contributed by atoms with Gasteiger partial charge in [-0.25, -0.2) is 0 Å². The van der Waals surface area contributed by atoms with Gasteiger partial charge in [-0.2, -0.15) is 0 Å². The van der Waals surface area contributed by atoms with Gasteiger partial charge in [0.1, 0.15) is 30.5 Å². The summed E-state index contributed by atoms with van der Waals surface area (Å²) >= 11 is 0. The second kappa shape index (κ2) is 38.1. The molecule has 2 unspecified atom stereocenters.